The van der Waals surface area contributed by atoms with E-state index in [2.05, 4.69) is 29.5 Å². The molecule has 110 valence electrons. The molecule has 1 aliphatic rings. The number of methoxy groups -OCH3 is 2. The molecule has 0 atom stereocenters. The summed E-state index contributed by atoms with van der Waals surface area (Å²) in [6.45, 7) is 0.485. The van der Waals surface area contributed by atoms with Gasteiger partial charge in [-0.15, -0.1) is 10.9 Å². The van der Waals surface area contributed by atoms with Crippen LogP contribution in [0.1, 0.15) is 0 Å². The van der Waals surface area contributed by atoms with Crippen LogP contribution in [0, 0.1) is 0 Å². The Bertz CT molecular complexity index is 542. The van der Waals surface area contributed by atoms with Crippen LogP contribution in [0.4, 0.5) is 0 Å². The van der Waals surface area contributed by atoms with Gasteiger partial charge in [-0.2, -0.15) is 0 Å². The third-order valence-corrected chi connectivity index (χ3v) is 4.22. The number of nitrogens with two attached hydrogens (primary N) is 1. The summed E-state index contributed by atoms with van der Waals surface area (Å²) in [5, 5.41) is 2.30. The molecule has 1 heterocycles. The maximum atomic E-state index is 6.19. The average molecular weight is 285 g/mol. The van der Waals surface area contributed by atoms with E-state index in [0.717, 1.165) is 24.7 Å². The van der Waals surface area contributed by atoms with Gasteiger partial charge in [-0.25, -0.2) is 0 Å². The van der Waals surface area contributed by atoms with Gasteiger partial charge < -0.3 is 19.4 Å². The van der Waals surface area contributed by atoms with Crippen molar-refractivity contribution in [2.24, 2.45) is 0 Å². The van der Waals surface area contributed by atoms with Crippen LogP contribution in [-0.4, -0.2) is 33.9 Å². The average Bonchev–Trinajstić information content (AvgIpc) is 3.06. The summed E-state index contributed by atoms with van der Waals surface area (Å²) < 4.78 is 16.7. The van der Waals surface area contributed by atoms with Crippen molar-refractivity contribution in [3.8, 4) is 11.5 Å². The molecule has 2 aromatic rings. The Balaban J connectivity index is 2.01. The van der Waals surface area contributed by atoms with Gasteiger partial charge in [0.1, 0.15) is 11.5 Å². The second-order valence-corrected chi connectivity index (χ2v) is 5.29. The smallest absolute Gasteiger partial charge is 0.388 e. The molecule has 1 aliphatic heterocycles. The largest absolute Gasteiger partial charge is 0.528 e. The first-order valence-corrected chi connectivity index (χ1v) is 7.21. The van der Waals surface area contributed by atoms with Crippen LogP contribution in [0.15, 0.2) is 48.5 Å². The molecule has 2 aromatic carbocycles. The highest BCUT2D eigenvalue weighted by atomic mass is 16.5. The Labute approximate surface area is 125 Å². The lowest BCUT2D eigenvalue weighted by molar-refractivity contribution is -0.514. The Morgan fingerprint density at radius 2 is 1.33 bits per heavy atom. The van der Waals surface area contributed by atoms with Gasteiger partial charge in [-0.3, -0.25) is 0 Å². The standard InChI is InChI=1S/C16H20BNO3/c1-19-15-7-3-13(4-8-15)17(18-11-12-21-17)14-5-9-16(20-2)10-6-14/h3-10H,11-12,18H2,1-2H3. The van der Waals surface area contributed by atoms with Crippen LogP contribution in [-0.2, 0) is 4.65 Å². The topological polar surface area (TPSA) is 44.3 Å². The van der Waals surface area contributed by atoms with Gasteiger partial charge in [0.15, 0.2) is 0 Å². The van der Waals surface area contributed by atoms with Crippen molar-refractivity contribution in [2.45, 2.75) is 0 Å². The van der Waals surface area contributed by atoms with E-state index in [4.69, 9.17) is 14.1 Å². The molecule has 0 aliphatic carbocycles. The Hall–Kier alpha value is -1.98. The van der Waals surface area contributed by atoms with Gasteiger partial charge in [0.25, 0.3) is 0 Å². The summed E-state index contributed by atoms with van der Waals surface area (Å²) >= 11 is 0. The van der Waals surface area contributed by atoms with E-state index < -0.39 is 6.48 Å². The molecule has 21 heavy (non-hydrogen) atoms. The van der Waals surface area contributed by atoms with Crippen LogP contribution < -0.4 is 25.6 Å². The maximum Gasteiger partial charge on any atom is 0.388 e. The Kier molecular flexibility index (Phi) is 3.86. The number of benzene rings is 2. The molecule has 2 N–H and O–H groups in total. The number of quaternary nitrogens is 1. The molecular weight excluding hydrogens is 265 g/mol. The zero-order valence-corrected chi connectivity index (χ0v) is 12.4. The molecule has 0 aromatic heterocycles. The van der Waals surface area contributed by atoms with Crippen LogP contribution in [0.25, 0.3) is 0 Å². The first-order valence-electron chi connectivity index (χ1n) is 7.21. The van der Waals surface area contributed by atoms with Crippen molar-refractivity contribution >= 4 is 17.4 Å². The second kappa shape index (κ2) is 5.80. The summed E-state index contributed by atoms with van der Waals surface area (Å²) in [4.78, 5) is 0. The highest BCUT2D eigenvalue weighted by Crippen LogP contribution is 2.12. The molecule has 1 fully saturated rings. The van der Waals surface area contributed by atoms with Gasteiger partial charge in [0.05, 0.1) is 27.4 Å². The lowest BCUT2D eigenvalue weighted by atomic mass is 9.42. The van der Waals surface area contributed by atoms with Crippen LogP contribution in [0.3, 0.4) is 0 Å². The number of hydrogen-bond donors (Lipinski definition) is 1. The zero-order valence-electron chi connectivity index (χ0n) is 12.4. The van der Waals surface area contributed by atoms with Crippen molar-refractivity contribution < 1.29 is 19.4 Å². The highest BCUT2D eigenvalue weighted by Gasteiger charge is 2.40. The monoisotopic (exact) mass is 285 g/mol. The zero-order chi connectivity index (χ0) is 14.7. The predicted octanol–water partition coefficient (Wildman–Crippen LogP) is -0.146. The van der Waals surface area contributed by atoms with Crippen molar-refractivity contribution in [3.63, 3.8) is 0 Å². The molecule has 0 bridgehead atoms. The quantitative estimate of drug-likeness (QED) is 0.795. The third kappa shape index (κ3) is 2.50. The molecule has 0 radical (unpaired) electrons. The minimum Gasteiger partial charge on any atom is -0.528 e. The van der Waals surface area contributed by atoms with E-state index in [-0.39, 0.29) is 0 Å². The molecule has 0 amide bonds. The predicted molar refractivity (Wildman–Crippen MR) is 83.8 cm³/mol. The van der Waals surface area contributed by atoms with Crippen LogP contribution >= 0.6 is 0 Å². The minimum atomic E-state index is -1.25. The Morgan fingerprint density at radius 1 is 0.857 bits per heavy atom. The number of ether oxygens (including phenoxy) is 2. The lowest BCUT2D eigenvalue weighted by Crippen LogP contribution is -3.04. The fourth-order valence-corrected chi connectivity index (χ4v) is 3.06. The third-order valence-electron chi connectivity index (χ3n) is 4.22. The van der Waals surface area contributed by atoms with Crippen molar-refractivity contribution in [1.82, 2.24) is 0 Å². The summed E-state index contributed by atoms with van der Waals surface area (Å²) in [6, 6.07) is 16.3. The summed E-state index contributed by atoms with van der Waals surface area (Å²) in [5.41, 5.74) is 2.36. The summed E-state index contributed by atoms with van der Waals surface area (Å²) in [7, 11) is 3.36. The van der Waals surface area contributed by atoms with Gasteiger partial charge in [-0.1, -0.05) is 24.3 Å². The van der Waals surface area contributed by atoms with E-state index in [1.807, 2.05) is 24.3 Å². The van der Waals surface area contributed by atoms with Gasteiger partial charge >= 0.3 is 6.48 Å². The first kappa shape index (κ1) is 14.0. The second-order valence-electron chi connectivity index (χ2n) is 5.29. The van der Waals surface area contributed by atoms with E-state index >= 15 is 0 Å². The van der Waals surface area contributed by atoms with E-state index in [9.17, 15) is 0 Å². The van der Waals surface area contributed by atoms with E-state index in [0.29, 0.717) is 0 Å². The summed E-state index contributed by atoms with van der Waals surface area (Å²) in [6.07, 6.45) is 0. The molecule has 0 unspecified atom stereocenters. The van der Waals surface area contributed by atoms with Gasteiger partial charge in [0, 0.05) is 0 Å². The molecule has 1 saturated heterocycles. The van der Waals surface area contributed by atoms with Crippen molar-refractivity contribution in [1.29, 1.82) is 0 Å². The normalized spacial score (nSPS) is 16.7. The number of rotatable bonds is 4. The number of hydrogen-bond acceptors (Lipinski definition) is 3. The fourth-order valence-electron chi connectivity index (χ4n) is 3.06. The van der Waals surface area contributed by atoms with Crippen molar-refractivity contribution in [2.75, 3.05) is 27.4 Å². The van der Waals surface area contributed by atoms with Crippen molar-refractivity contribution in [3.05, 3.63) is 48.5 Å². The maximum absolute atomic E-state index is 6.19. The van der Waals surface area contributed by atoms with Gasteiger partial charge in [0.2, 0.25) is 0 Å². The molecule has 5 heteroatoms. The van der Waals surface area contributed by atoms with E-state index in [1.165, 1.54) is 10.9 Å². The van der Waals surface area contributed by atoms with Crippen LogP contribution in [0.2, 0.25) is 0 Å². The first-order chi connectivity index (χ1) is 10.3. The Morgan fingerprint density at radius 3 is 1.67 bits per heavy atom. The lowest BCUT2D eigenvalue weighted by Gasteiger charge is -2.31. The molecule has 0 saturated carbocycles. The minimum absolute atomic E-state index is 0.762. The molecule has 0 spiro atoms. The summed E-state index contributed by atoms with van der Waals surface area (Å²) in [5.74, 6) is 1.72. The molecular formula is C16H20BNO3. The fraction of sp³-hybridized carbons (Fsp3) is 0.250. The molecule has 3 rings (SSSR count). The SMILES string of the molecule is COc1ccc([B-]2(c3ccc(OC)cc3)[NH2+]CCO2)cc1. The highest BCUT2D eigenvalue weighted by molar-refractivity contribution is 6.90. The van der Waals surface area contributed by atoms with Gasteiger partial charge in [-0.05, 0) is 24.3 Å². The van der Waals surface area contributed by atoms with Crippen LogP contribution in [0.5, 0.6) is 11.5 Å². The molecule has 4 nitrogen and oxygen atoms in total. The van der Waals surface area contributed by atoms with E-state index in [1.54, 1.807) is 14.2 Å².